The van der Waals surface area contributed by atoms with Crippen LogP contribution < -0.4 is 16.0 Å². The van der Waals surface area contributed by atoms with E-state index in [2.05, 4.69) is 20.9 Å². The van der Waals surface area contributed by atoms with E-state index in [1.54, 1.807) is 36.5 Å². The lowest BCUT2D eigenvalue weighted by molar-refractivity contribution is 0.262. The summed E-state index contributed by atoms with van der Waals surface area (Å²) >= 11 is 5.79. The van der Waals surface area contributed by atoms with Gasteiger partial charge < -0.3 is 16.0 Å². The summed E-state index contributed by atoms with van der Waals surface area (Å²) in [5, 5.41) is 9.23. The fourth-order valence-corrected chi connectivity index (χ4v) is 1.80. The second-order valence-corrected chi connectivity index (χ2v) is 5.25. The number of hydrogen-bond acceptors (Lipinski definition) is 3. The van der Waals surface area contributed by atoms with E-state index in [1.165, 1.54) is 0 Å². The third-order valence-electron chi connectivity index (χ3n) is 2.56. The quantitative estimate of drug-likeness (QED) is 0.793. The summed E-state index contributed by atoms with van der Waals surface area (Å²) in [6.07, 6.45) is 1.60. The first-order chi connectivity index (χ1) is 10.0. The zero-order valence-corrected chi connectivity index (χ0v) is 12.6. The molecule has 1 aromatic heterocycles. The van der Waals surface area contributed by atoms with Gasteiger partial charge in [-0.1, -0.05) is 11.6 Å². The number of pyridine rings is 1. The molecule has 0 saturated carbocycles. The topological polar surface area (TPSA) is 66.0 Å². The first-order valence-corrected chi connectivity index (χ1v) is 6.97. The largest absolute Gasteiger partial charge is 0.368 e. The fourth-order valence-electron chi connectivity index (χ4n) is 1.68. The molecular formula is C15H17ClN4O. The number of benzene rings is 1. The molecule has 2 aromatic rings. The van der Waals surface area contributed by atoms with Gasteiger partial charge in [-0.2, -0.15) is 0 Å². The summed E-state index contributed by atoms with van der Waals surface area (Å²) in [5.41, 5.74) is 1.29. The van der Waals surface area contributed by atoms with Crippen molar-refractivity contribution in [2.24, 2.45) is 0 Å². The number of halogens is 1. The molecule has 0 unspecified atom stereocenters. The van der Waals surface area contributed by atoms with Crippen molar-refractivity contribution in [3.8, 4) is 0 Å². The molecule has 0 spiro atoms. The van der Waals surface area contributed by atoms with Crippen molar-refractivity contribution in [1.82, 2.24) is 4.98 Å². The number of rotatable bonds is 4. The van der Waals surface area contributed by atoms with Gasteiger partial charge in [-0.05, 0) is 50.2 Å². The highest BCUT2D eigenvalue weighted by Gasteiger charge is 2.03. The van der Waals surface area contributed by atoms with Crippen LogP contribution in [0.4, 0.5) is 22.0 Å². The van der Waals surface area contributed by atoms with Crippen LogP contribution in [0.5, 0.6) is 0 Å². The van der Waals surface area contributed by atoms with E-state index in [9.17, 15) is 4.79 Å². The van der Waals surface area contributed by atoms with Crippen LogP contribution >= 0.6 is 11.6 Å². The summed E-state index contributed by atoms with van der Waals surface area (Å²) in [7, 11) is 0. The molecule has 2 rings (SSSR count). The number of urea groups is 1. The average Bonchev–Trinajstić information content (AvgIpc) is 2.43. The summed E-state index contributed by atoms with van der Waals surface area (Å²) < 4.78 is 0. The van der Waals surface area contributed by atoms with E-state index in [-0.39, 0.29) is 6.03 Å². The minimum atomic E-state index is -0.330. The van der Waals surface area contributed by atoms with E-state index in [0.717, 1.165) is 5.82 Å². The highest BCUT2D eigenvalue weighted by molar-refractivity contribution is 6.30. The molecule has 0 bridgehead atoms. The number of hydrogen-bond donors (Lipinski definition) is 3. The highest BCUT2D eigenvalue weighted by Crippen LogP contribution is 2.14. The number of nitrogens with one attached hydrogen (secondary N) is 3. The molecule has 0 radical (unpaired) electrons. The highest BCUT2D eigenvalue weighted by atomic mass is 35.5. The first kappa shape index (κ1) is 15.1. The number of nitrogens with zero attached hydrogens (tertiary/aromatic N) is 1. The lowest BCUT2D eigenvalue weighted by atomic mass is 10.3. The van der Waals surface area contributed by atoms with Crippen LogP contribution in [0.15, 0.2) is 42.6 Å². The maximum absolute atomic E-state index is 11.8. The maximum Gasteiger partial charge on any atom is 0.323 e. The predicted octanol–water partition coefficient (Wildman–Crippen LogP) is 4.20. The Labute approximate surface area is 128 Å². The summed E-state index contributed by atoms with van der Waals surface area (Å²) in [4.78, 5) is 16.1. The molecular weight excluding hydrogens is 288 g/mol. The van der Waals surface area contributed by atoms with Gasteiger partial charge in [0, 0.05) is 16.8 Å². The minimum Gasteiger partial charge on any atom is -0.368 e. The van der Waals surface area contributed by atoms with Crippen molar-refractivity contribution >= 4 is 34.8 Å². The molecule has 0 saturated heterocycles. The van der Waals surface area contributed by atoms with Crippen LogP contribution in [0.25, 0.3) is 0 Å². The van der Waals surface area contributed by atoms with Crippen molar-refractivity contribution in [2.45, 2.75) is 19.9 Å². The maximum atomic E-state index is 11.8. The van der Waals surface area contributed by atoms with Gasteiger partial charge in [0.05, 0.1) is 11.9 Å². The van der Waals surface area contributed by atoms with Crippen LogP contribution in [0, 0.1) is 0 Å². The molecule has 2 amide bonds. The number of anilines is 3. The van der Waals surface area contributed by atoms with Crippen LogP contribution in [0.3, 0.4) is 0 Å². The lowest BCUT2D eigenvalue weighted by Gasteiger charge is -2.10. The zero-order valence-electron chi connectivity index (χ0n) is 11.9. The van der Waals surface area contributed by atoms with Crippen molar-refractivity contribution in [2.75, 3.05) is 16.0 Å². The van der Waals surface area contributed by atoms with E-state index in [0.29, 0.717) is 22.4 Å². The number of carbonyl (C=O) groups excluding carboxylic acids is 1. The van der Waals surface area contributed by atoms with Gasteiger partial charge in [0.15, 0.2) is 0 Å². The van der Waals surface area contributed by atoms with E-state index >= 15 is 0 Å². The third-order valence-corrected chi connectivity index (χ3v) is 2.81. The Morgan fingerprint density at radius 1 is 1.05 bits per heavy atom. The van der Waals surface area contributed by atoms with E-state index in [4.69, 9.17) is 11.6 Å². The molecule has 0 fully saturated rings. The molecule has 0 aliphatic carbocycles. The number of amides is 2. The first-order valence-electron chi connectivity index (χ1n) is 6.59. The van der Waals surface area contributed by atoms with Gasteiger partial charge in [0.2, 0.25) is 0 Å². The second-order valence-electron chi connectivity index (χ2n) is 4.82. The zero-order chi connectivity index (χ0) is 15.2. The van der Waals surface area contributed by atoms with Crippen LogP contribution in [-0.2, 0) is 0 Å². The Balaban J connectivity index is 1.91. The number of aromatic nitrogens is 1. The summed E-state index contributed by atoms with van der Waals surface area (Å²) in [6, 6.07) is 10.5. The molecule has 1 aromatic carbocycles. The monoisotopic (exact) mass is 304 g/mol. The van der Waals surface area contributed by atoms with Gasteiger partial charge in [0.25, 0.3) is 0 Å². The summed E-state index contributed by atoms with van der Waals surface area (Å²) in [6.45, 7) is 4.07. The Kier molecular flexibility index (Phi) is 5.00. The van der Waals surface area contributed by atoms with E-state index in [1.807, 2.05) is 19.9 Å². The van der Waals surface area contributed by atoms with Gasteiger partial charge in [-0.25, -0.2) is 9.78 Å². The Morgan fingerprint density at radius 2 is 1.67 bits per heavy atom. The number of carbonyl (C=O) groups is 1. The minimum absolute atomic E-state index is 0.310. The molecule has 0 aliphatic rings. The Bertz CT molecular complexity index is 596. The Morgan fingerprint density at radius 3 is 2.24 bits per heavy atom. The average molecular weight is 305 g/mol. The molecule has 21 heavy (non-hydrogen) atoms. The second kappa shape index (κ2) is 6.95. The SMILES string of the molecule is CC(C)Nc1ccc(NC(=O)Nc2ccc(Cl)cc2)cn1. The molecule has 0 atom stereocenters. The normalized spacial score (nSPS) is 10.3. The van der Waals surface area contributed by atoms with Crippen LogP contribution in [0.2, 0.25) is 5.02 Å². The van der Waals surface area contributed by atoms with Gasteiger partial charge in [0.1, 0.15) is 5.82 Å². The predicted molar refractivity (Wildman–Crippen MR) is 87.1 cm³/mol. The molecule has 0 aliphatic heterocycles. The van der Waals surface area contributed by atoms with Crippen LogP contribution in [-0.4, -0.2) is 17.1 Å². The third kappa shape index (κ3) is 4.96. The fraction of sp³-hybridized carbons (Fsp3) is 0.200. The molecule has 6 heteroatoms. The van der Waals surface area contributed by atoms with Crippen molar-refractivity contribution in [3.05, 3.63) is 47.6 Å². The van der Waals surface area contributed by atoms with Gasteiger partial charge in [-0.15, -0.1) is 0 Å². The summed E-state index contributed by atoms with van der Waals surface area (Å²) in [5.74, 6) is 0.772. The van der Waals surface area contributed by atoms with Crippen molar-refractivity contribution in [1.29, 1.82) is 0 Å². The Hall–Kier alpha value is -2.27. The van der Waals surface area contributed by atoms with Gasteiger partial charge in [-0.3, -0.25) is 0 Å². The van der Waals surface area contributed by atoms with Gasteiger partial charge >= 0.3 is 6.03 Å². The molecule has 5 nitrogen and oxygen atoms in total. The van der Waals surface area contributed by atoms with Crippen molar-refractivity contribution < 1.29 is 4.79 Å². The standard InChI is InChI=1S/C15H17ClN4O/c1-10(2)18-14-8-7-13(9-17-14)20-15(21)19-12-5-3-11(16)4-6-12/h3-10H,1-2H3,(H,17,18)(H2,19,20,21). The molecule has 1 heterocycles. The molecule has 3 N–H and O–H groups in total. The van der Waals surface area contributed by atoms with Crippen LogP contribution in [0.1, 0.15) is 13.8 Å². The molecule has 110 valence electrons. The lowest BCUT2D eigenvalue weighted by Crippen LogP contribution is -2.19. The smallest absolute Gasteiger partial charge is 0.323 e. The van der Waals surface area contributed by atoms with Crippen molar-refractivity contribution in [3.63, 3.8) is 0 Å². The van der Waals surface area contributed by atoms with E-state index < -0.39 is 0 Å².